The van der Waals surface area contributed by atoms with E-state index in [2.05, 4.69) is 14.7 Å². The third-order valence-electron chi connectivity index (χ3n) is 4.70. The van der Waals surface area contributed by atoms with E-state index >= 15 is 0 Å². The second kappa shape index (κ2) is 8.42. The lowest BCUT2D eigenvalue weighted by molar-refractivity contribution is -0.145. The Bertz CT molecular complexity index is 1270. The van der Waals surface area contributed by atoms with Gasteiger partial charge in [0.15, 0.2) is 5.82 Å². The molecule has 0 amide bonds. The Morgan fingerprint density at radius 1 is 1.16 bits per heavy atom. The number of sulfonamides is 1. The smallest absolute Gasteiger partial charge is 0.320 e. The van der Waals surface area contributed by atoms with Crippen molar-refractivity contribution in [2.75, 3.05) is 6.54 Å². The quantitative estimate of drug-likeness (QED) is 0.442. The minimum Gasteiger partial charge on any atom is -0.458 e. The predicted molar refractivity (Wildman–Crippen MR) is 108 cm³/mol. The van der Waals surface area contributed by atoms with Crippen LogP contribution in [0.1, 0.15) is 30.8 Å². The molecule has 31 heavy (non-hydrogen) atoms. The van der Waals surface area contributed by atoms with Crippen LogP contribution >= 0.6 is 0 Å². The Morgan fingerprint density at radius 3 is 2.71 bits per heavy atom. The van der Waals surface area contributed by atoms with Crippen LogP contribution in [0.4, 0.5) is 8.78 Å². The number of fused-ring (bicyclic) bond motifs is 2. The molecule has 0 radical (unpaired) electrons. The number of alkyl halides is 2. The van der Waals surface area contributed by atoms with Crippen LogP contribution in [0, 0.1) is 0 Å². The van der Waals surface area contributed by atoms with E-state index in [9.17, 15) is 22.0 Å². The first-order valence-electron chi connectivity index (χ1n) is 9.43. The van der Waals surface area contributed by atoms with E-state index in [4.69, 9.17) is 4.74 Å². The van der Waals surface area contributed by atoms with Gasteiger partial charge in [0.25, 0.3) is 10.0 Å². The molecular weight excluding hydrogens is 430 g/mol. The van der Waals surface area contributed by atoms with Gasteiger partial charge in [-0.2, -0.15) is 8.78 Å². The molecule has 11 heteroatoms. The number of para-hydroxylation sites is 2. The number of ether oxygens (including phenoxy) is 1. The molecule has 0 spiro atoms. The zero-order valence-electron chi connectivity index (χ0n) is 16.2. The molecule has 0 unspecified atom stereocenters. The number of halogens is 2. The fourth-order valence-corrected chi connectivity index (χ4v) is 4.55. The van der Waals surface area contributed by atoms with Crippen LogP contribution in [0.2, 0.25) is 0 Å². The van der Waals surface area contributed by atoms with Gasteiger partial charge in [-0.3, -0.25) is 19.1 Å². The molecule has 1 N–H and O–H groups in total. The normalized spacial score (nSPS) is 15.9. The highest BCUT2D eigenvalue weighted by molar-refractivity contribution is 7.90. The van der Waals surface area contributed by atoms with Crippen LogP contribution < -0.4 is 4.72 Å². The highest BCUT2D eigenvalue weighted by atomic mass is 32.2. The SMILES string of the molecule is O=C(CCCN=C1NS(=O)(=O)c2ccccc21)OCc1nc2ccccc2n1C(F)F. The van der Waals surface area contributed by atoms with Crippen molar-refractivity contribution in [2.45, 2.75) is 30.9 Å². The summed E-state index contributed by atoms with van der Waals surface area (Å²) in [4.78, 5) is 20.5. The maximum Gasteiger partial charge on any atom is 0.320 e. The van der Waals surface area contributed by atoms with E-state index in [1.807, 2.05) is 0 Å². The van der Waals surface area contributed by atoms with Gasteiger partial charge in [0.05, 0.1) is 15.9 Å². The monoisotopic (exact) mass is 448 g/mol. The van der Waals surface area contributed by atoms with Crippen LogP contribution in [0.25, 0.3) is 11.0 Å². The van der Waals surface area contributed by atoms with Gasteiger partial charge in [-0.05, 0) is 30.7 Å². The van der Waals surface area contributed by atoms with Gasteiger partial charge < -0.3 is 4.74 Å². The average Bonchev–Trinajstić information content (AvgIpc) is 3.24. The van der Waals surface area contributed by atoms with E-state index in [1.54, 1.807) is 36.4 Å². The molecule has 8 nitrogen and oxygen atoms in total. The molecule has 2 heterocycles. The van der Waals surface area contributed by atoms with Crippen molar-refractivity contribution in [2.24, 2.45) is 4.99 Å². The highest BCUT2D eigenvalue weighted by Crippen LogP contribution is 2.24. The third kappa shape index (κ3) is 4.26. The topological polar surface area (TPSA) is 103 Å². The Balaban J connectivity index is 1.33. The lowest BCUT2D eigenvalue weighted by Crippen LogP contribution is -2.22. The Kier molecular flexibility index (Phi) is 5.68. The summed E-state index contributed by atoms with van der Waals surface area (Å²) in [5, 5.41) is 0. The first-order chi connectivity index (χ1) is 14.9. The number of esters is 1. The predicted octanol–water partition coefficient (Wildman–Crippen LogP) is 2.99. The number of aliphatic imine (C=N–C) groups is 1. The van der Waals surface area contributed by atoms with E-state index in [1.165, 1.54) is 12.1 Å². The third-order valence-corrected chi connectivity index (χ3v) is 6.10. The number of amidine groups is 1. The number of carbonyl (C=O) groups is 1. The van der Waals surface area contributed by atoms with Gasteiger partial charge in [-0.25, -0.2) is 13.4 Å². The van der Waals surface area contributed by atoms with Gasteiger partial charge in [0.2, 0.25) is 0 Å². The zero-order chi connectivity index (χ0) is 22.0. The number of nitrogens with one attached hydrogen (secondary N) is 1. The lowest BCUT2D eigenvalue weighted by atomic mass is 10.2. The number of hydrogen-bond acceptors (Lipinski definition) is 6. The molecule has 1 aromatic heterocycles. The van der Waals surface area contributed by atoms with Gasteiger partial charge in [-0.1, -0.05) is 24.3 Å². The van der Waals surface area contributed by atoms with Crippen molar-refractivity contribution in [1.29, 1.82) is 0 Å². The van der Waals surface area contributed by atoms with Crippen molar-refractivity contribution in [3.05, 3.63) is 59.9 Å². The van der Waals surface area contributed by atoms with E-state index in [-0.39, 0.29) is 41.6 Å². The molecule has 1 aliphatic rings. The summed E-state index contributed by atoms with van der Waals surface area (Å²) in [5.74, 6) is -0.392. The van der Waals surface area contributed by atoms with Crippen LogP contribution in [-0.4, -0.2) is 36.3 Å². The zero-order valence-corrected chi connectivity index (χ0v) is 17.0. The summed E-state index contributed by atoms with van der Waals surface area (Å²) >= 11 is 0. The van der Waals surface area contributed by atoms with E-state index < -0.39 is 22.5 Å². The first kappa shape index (κ1) is 20.9. The summed E-state index contributed by atoms with van der Waals surface area (Å²) in [6.07, 6.45) is 0.303. The standard InChI is InChI=1S/C20H18F2N4O4S/c21-20(22)26-15-8-3-2-7-14(15)24-17(26)12-30-18(27)10-5-11-23-19-13-6-1-4-9-16(13)31(28,29)25-19/h1-4,6-9,20H,5,10-12H2,(H,23,25). The fraction of sp³-hybridized carbons (Fsp3) is 0.250. The maximum absolute atomic E-state index is 13.4. The highest BCUT2D eigenvalue weighted by Gasteiger charge is 2.29. The molecule has 3 aromatic rings. The number of benzene rings is 2. The average molecular weight is 448 g/mol. The fourth-order valence-electron chi connectivity index (χ4n) is 3.30. The van der Waals surface area contributed by atoms with Crippen molar-refractivity contribution in [3.63, 3.8) is 0 Å². The Hall–Kier alpha value is -3.34. The van der Waals surface area contributed by atoms with Crippen LogP contribution in [-0.2, 0) is 26.2 Å². The van der Waals surface area contributed by atoms with Gasteiger partial charge in [0, 0.05) is 18.5 Å². The van der Waals surface area contributed by atoms with Crippen LogP contribution in [0.15, 0.2) is 58.4 Å². The molecule has 0 aliphatic carbocycles. The van der Waals surface area contributed by atoms with Crippen molar-refractivity contribution in [1.82, 2.24) is 14.3 Å². The van der Waals surface area contributed by atoms with E-state index in [0.717, 1.165) is 4.57 Å². The maximum atomic E-state index is 13.4. The van der Waals surface area contributed by atoms with Crippen molar-refractivity contribution in [3.8, 4) is 0 Å². The Morgan fingerprint density at radius 2 is 1.90 bits per heavy atom. The molecule has 1 aliphatic heterocycles. The molecule has 4 rings (SSSR count). The number of nitrogens with zero attached hydrogens (tertiary/aromatic N) is 3. The second-order valence-corrected chi connectivity index (χ2v) is 8.41. The van der Waals surface area contributed by atoms with Crippen LogP contribution in [0.3, 0.4) is 0 Å². The molecule has 0 atom stereocenters. The van der Waals surface area contributed by atoms with Gasteiger partial charge >= 0.3 is 12.5 Å². The minimum absolute atomic E-state index is 0.0000831. The second-order valence-electron chi connectivity index (χ2n) is 6.76. The largest absolute Gasteiger partial charge is 0.458 e. The minimum atomic E-state index is -3.61. The molecule has 162 valence electrons. The molecule has 0 fully saturated rings. The Labute approximate surface area is 176 Å². The number of aromatic nitrogens is 2. The molecular formula is C20H18F2N4O4S. The van der Waals surface area contributed by atoms with Crippen molar-refractivity contribution < 1.29 is 26.7 Å². The van der Waals surface area contributed by atoms with E-state index in [0.29, 0.717) is 17.5 Å². The van der Waals surface area contributed by atoms with Crippen molar-refractivity contribution >= 4 is 32.9 Å². The summed E-state index contributed by atoms with van der Waals surface area (Å²) in [5.41, 5.74) is 1.14. The molecule has 0 saturated heterocycles. The lowest BCUT2D eigenvalue weighted by Gasteiger charge is -2.08. The number of imidazole rings is 1. The summed E-state index contributed by atoms with van der Waals surface area (Å²) < 4.78 is 59.1. The number of rotatable bonds is 7. The summed E-state index contributed by atoms with van der Waals surface area (Å²) in [6.45, 7) is -2.99. The number of carbonyl (C=O) groups excluding carboxylic acids is 1. The number of hydrogen-bond donors (Lipinski definition) is 1. The first-order valence-corrected chi connectivity index (χ1v) is 10.9. The molecule has 2 aromatic carbocycles. The molecule has 0 saturated carbocycles. The summed E-state index contributed by atoms with van der Waals surface area (Å²) in [6, 6.07) is 12.9. The van der Waals surface area contributed by atoms with Crippen LogP contribution in [0.5, 0.6) is 0 Å². The van der Waals surface area contributed by atoms with Gasteiger partial charge in [0.1, 0.15) is 12.4 Å². The summed E-state index contributed by atoms with van der Waals surface area (Å²) in [7, 11) is -3.61. The molecule has 0 bridgehead atoms. The van der Waals surface area contributed by atoms with Gasteiger partial charge in [-0.15, -0.1) is 0 Å².